The number of primary sulfonamides is 1. The van der Waals surface area contributed by atoms with Crippen molar-refractivity contribution in [2.45, 2.75) is 43.9 Å². The van der Waals surface area contributed by atoms with Gasteiger partial charge in [-0.2, -0.15) is 0 Å². The molecule has 160 valence electrons. The van der Waals surface area contributed by atoms with Crippen molar-refractivity contribution in [1.82, 2.24) is 14.5 Å². The van der Waals surface area contributed by atoms with Crippen LogP contribution >= 0.6 is 11.8 Å². The number of rotatable bonds is 7. The van der Waals surface area contributed by atoms with Gasteiger partial charge in [-0.25, -0.2) is 18.5 Å². The van der Waals surface area contributed by atoms with E-state index in [1.807, 2.05) is 18.4 Å². The first-order chi connectivity index (χ1) is 14.1. The van der Waals surface area contributed by atoms with Crippen LogP contribution in [-0.2, 0) is 27.9 Å². The van der Waals surface area contributed by atoms with Crippen LogP contribution in [0.25, 0.3) is 11.0 Å². The number of sulfonamides is 1. The first-order valence-corrected chi connectivity index (χ1v) is 12.1. The number of carbonyl (C=O) groups excluding carboxylic acids is 1. The number of hydrogen-bond donors (Lipinski definition) is 1. The van der Waals surface area contributed by atoms with Crippen LogP contribution in [0.4, 0.5) is 0 Å². The second-order valence-electron chi connectivity index (χ2n) is 7.30. The molecular formula is C21H26N4O3S2. The van der Waals surface area contributed by atoms with Crippen LogP contribution in [0.15, 0.2) is 46.5 Å². The van der Waals surface area contributed by atoms with Gasteiger partial charge in [-0.05, 0) is 50.1 Å². The Bertz CT molecular complexity index is 1200. The number of hydrogen-bond acceptors (Lipinski definition) is 5. The Morgan fingerprint density at radius 1 is 1.20 bits per heavy atom. The van der Waals surface area contributed by atoms with Gasteiger partial charge in [-0.3, -0.25) is 4.79 Å². The Morgan fingerprint density at radius 3 is 2.57 bits per heavy atom. The molecule has 0 fully saturated rings. The average molecular weight is 447 g/mol. The molecular weight excluding hydrogens is 420 g/mol. The highest BCUT2D eigenvalue weighted by atomic mass is 32.2. The van der Waals surface area contributed by atoms with Crippen molar-refractivity contribution >= 4 is 38.7 Å². The summed E-state index contributed by atoms with van der Waals surface area (Å²) in [6, 6.07) is 10.9. The smallest absolute Gasteiger partial charge is 0.238 e. The van der Waals surface area contributed by atoms with E-state index >= 15 is 0 Å². The van der Waals surface area contributed by atoms with E-state index in [4.69, 9.17) is 5.14 Å². The van der Waals surface area contributed by atoms with Crippen LogP contribution in [0.1, 0.15) is 23.6 Å². The summed E-state index contributed by atoms with van der Waals surface area (Å²) in [6.45, 7) is 7.28. The van der Waals surface area contributed by atoms with E-state index in [0.717, 1.165) is 11.1 Å². The molecule has 0 radical (unpaired) electrons. The zero-order valence-corrected chi connectivity index (χ0v) is 19.2. The number of imidazole rings is 1. The van der Waals surface area contributed by atoms with Gasteiger partial charge in [0.2, 0.25) is 15.9 Å². The highest BCUT2D eigenvalue weighted by Crippen LogP contribution is 2.26. The molecule has 1 amide bonds. The molecule has 0 aliphatic heterocycles. The van der Waals surface area contributed by atoms with Crippen LogP contribution in [-0.4, -0.2) is 41.6 Å². The fourth-order valence-corrected chi connectivity index (χ4v) is 4.84. The van der Waals surface area contributed by atoms with Crippen molar-refractivity contribution in [3.8, 4) is 0 Å². The summed E-state index contributed by atoms with van der Waals surface area (Å²) in [4.78, 5) is 18.9. The lowest BCUT2D eigenvalue weighted by Crippen LogP contribution is -2.28. The molecule has 0 saturated heterocycles. The third-order valence-electron chi connectivity index (χ3n) is 4.99. The van der Waals surface area contributed by atoms with Gasteiger partial charge in [0, 0.05) is 20.1 Å². The maximum Gasteiger partial charge on any atom is 0.238 e. The summed E-state index contributed by atoms with van der Waals surface area (Å²) in [5, 5.41) is 5.89. The maximum absolute atomic E-state index is 12.7. The lowest BCUT2D eigenvalue weighted by Gasteiger charge is -2.18. The molecule has 0 saturated carbocycles. The molecule has 3 aromatic rings. The molecule has 0 bridgehead atoms. The molecule has 7 nitrogen and oxygen atoms in total. The standard InChI is InChI=1S/C21H26N4O3S2/c1-5-25-19-9-8-17(30(22,27)28)11-18(19)23-21(25)29-13-20(26)24(4)12-16-7-6-14(2)10-15(16)3/h6-11H,5,12-13H2,1-4H3,(H2,22,27,28). The van der Waals surface area contributed by atoms with E-state index in [9.17, 15) is 13.2 Å². The molecule has 2 N–H and O–H groups in total. The number of aromatic nitrogens is 2. The summed E-state index contributed by atoms with van der Waals surface area (Å²) in [6.07, 6.45) is 0. The van der Waals surface area contributed by atoms with Crippen molar-refractivity contribution in [3.63, 3.8) is 0 Å². The predicted molar refractivity (Wildman–Crippen MR) is 120 cm³/mol. The van der Waals surface area contributed by atoms with Crippen LogP contribution in [0.2, 0.25) is 0 Å². The molecule has 0 spiro atoms. The summed E-state index contributed by atoms with van der Waals surface area (Å²) in [5.41, 5.74) is 4.84. The van der Waals surface area contributed by atoms with Crippen molar-refractivity contribution < 1.29 is 13.2 Å². The van der Waals surface area contributed by atoms with E-state index < -0.39 is 10.0 Å². The molecule has 0 aliphatic carbocycles. The van der Waals surface area contributed by atoms with Crippen molar-refractivity contribution in [1.29, 1.82) is 0 Å². The first kappa shape index (κ1) is 22.3. The number of nitrogens with two attached hydrogens (primary N) is 1. The largest absolute Gasteiger partial charge is 0.341 e. The number of carbonyl (C=O) groups is 1. The minimum absolute atomic E-state index is 0.0000841. The van der Waals surface area contributed by atoms with Gasteiger partial charge in [0.05, 0.1) is 21.7 Å². The van der Waals surface area contributed by atoms with Crippen LogP contribution < -0.4 is 5.14 Å². The van der Waals surface area contributed by atoms with Gasteiger partial charge < -0.3 is 9.47 Å². The minimum atomic E-state index is -3.79. The Balaban J connectivity index is 1.74. The number of amides is 1. The van der Waals surface area contributed by atoms with Crippen molar-refractivity contribution in [3.05, 3.63) is 53.1 Å². The lowest BCUT2D eigenvalue weighted by atomic mass is 10.1. The molecule has 0 atom stereocenters. The van der Waals surface area contributed by atoms with Crippen LogP contribution in [0, 0.1) is 13.8 Å². The van der Waals surface area contributed by atoms with E-state index in [0.29, 0.717) is 23.8 Å². The number of nitrogens with zero attached hydrogens (tertiary/aromatic N) is 3. The number of aryl methyl sites for hydroxylation is 3. The number of fused-ring (bicyclic) bond motifs is 1. The molecule has 9 heteroatoms. The highest BCUT2D eigenvalue weighted by molar-refractivity contribution is 7.99. The van der Waals surface area contributed by atoms with Crippen LogP contribution in [0.3, 0.4) is 0 Å². The third-order valence-corrected chi connectivity index (χ3v) is 6.86. The predicted octanol–water partition coefficient (Wildman–Crippen LogP) is 3.07. The minimum Gasteiger partial charge on any atom is -0.341 e. The van der Waals surface area contributed by atoms with E-state index in [1.54, 1.807) is 18.0 Å². The molecule has 0 aliphatic rings. The second-order valence-corrected chi connectivity index (χ2v) is 9.81. The summed E-state index contributed by atoms with van der Waals surface area (Å²) >= 11 is 1.34. The fourth-order valence-electron chi connectivity index (χ4n) is 3.28. The quantitative estimate of drug-likeness (QED) is 0.563. The molecule has 1 heterocycles. The van der Waals surface area contributed by atoms with Gasteiger partial charge in [0.1, 0.15) is 0 Å². The van der Waals surface area contributed by atoms with Gasteiger partial charge in [0.15, 0.2) is 5.16 Å². The van der Waals surface area contributed by atoms with Gasteiger partial charge >= 0.3 is 0 Å². The fraction of sp³-hybridized carbons (Fsp3) is 0.333. The van der Waals surface area contributed by atoms with Gasteiger partial charge in [-0.15, -0.1) is 0 Å². The Kier molecular flexibility index (Phi) is 6.54. The summed E-state index contributed by atoms with van der Waals surface area (Å²) in [5.74, 6) is 0.243. The topological polar surface area (TPSA) is 98.3 Å². The lowest BCUT2D eigenvalue weighted by molar-refractivity contribution is -0.127. The molecule has 3 rings (SSSR count). The van der Waals surface area contributed by atoms with Gasteiger partial charge in [0.25, 0.3) is 0 Å². The average Bonchev–Trinajstić information content (AvgIpc) is 3.04. The zero-order chi connectivity index (χ0) is 22.1. The van der Waals surface area contributed by atoms with Crippen molar-refractivity contribution in [2.24, 2.45) is 5.14 Å². The van der Waals surface area contributed by atoms with E-state index in [2.05, 4.69) is 30.1 Å². The number of benzene rings is 2. The first-order valence-electron chi connectivity index (χ1n) is 9.56. The van der Waals surface area contributed by atoms with E-state index in [-0.39, 0.29) is 16.6 Å². The van der Waals surface area contributed by atoms with Crippen molar-refractivity contribution in [2.75, 3.05) is 12.8 Å². The number of thioether (sulfide) groups is 1. The Labute approximate surface area is 181 Å². The second kappa shape index (κ2) is 8.79. The summed E-state index contributed by atoms with van der Waals surface area (Å²) < 4.78 is 25.2. The van der Waals surface area contributed by atoms with E-state index in [1.165, 1.54) is 35.0 Å². The normalized spacial score (nSPS) is 11.8. The highest BCUT2D eigenvalue weighted by Gasteiger charge is 2.17. The zero-order valence-electron chi connectivity index (χ0n) is 17.5. The monoisotopic (exact) mass is 446 g/mol. The molecule has 0 unspecified atom stereocenters. The maximum atomic E-state index is 12.7. The third kappa shape index (κ3) is 4.85. The Hall–Kier alpha value is -2.36. The Morgan fingerprint density at radius 2 is 1.93 bits per heavy atom. The summed E-state index contributed by atoms with van der Waals surface area (Å²) in [7, 11) is -2.00. The SMILES string of the molecule is CCn1c(SCC(=O)N(C)Cc2ccc(C)cc2C)nc2cc(S(N)(=O)=O)ccc21. The van der Waals surface area contributed by atoms with Crippen LogP contribution in [0.5, 0.6) is 0 Å². The molecule has 2 aromatic carbocycles. The van der Waals surface area contributed by atoms with Gasteiger partial charge in [-0.1, -0.05) is 35.5 Å². The molecule has 30 heavy (non-hydrogen) atoms. The molecule has 1 aromatic heterocycles.